The molecule has 106 valence electrons. The number of carbonyl (C=O) groups excluding carboxylic acids is 1. The lowest BCUT2D eigenvalue weighted by molar-refractivity contribution is -0.138. The molecule has 3 nitrogen and oxygen atoms in total. The average molecular weight is 262 g/mol. The summed E-state index contributed by atoms with van der Waals surface area (Å²) in [5, 5.41) is 0. The molecule has 0 fully saturated rings. The van der Waals surface area contributed by atoms with E-state index in [1.165, 1.54) is 0 Å². The molecular weight excluding hydrogens is 236 g/mol. The fourth-order valence-corrected chi connectivity index (χ4v) is 2.26. The van der Waals surface area contributed by atoms with Crippen LogP contribution in [-0.4, -0.2) is 23.4 Å². The van der Waals surface area contributed by atoms with Gasteiger partial charge in [-0.2, -0.15) is 0 Å². The zero-order chi connectivity index (χ0) is 14.6. The number of rotatable bonds is 5. The fraction of sp³-hybridized carbons (Fsp3) is 0.562. The Morgan fingerprint density at radius 2 is 1.79 bits per heavy atom. The molecule has 1 amide bonds. The zero-order valence-electron chi connectivity index (χ0n) is 12.7. The molecule has 3 heteroatoms. The summed E-state index contributed by atoms with van der Waals surface area (Å²) in [4.78, 5) is 14.7. The molecule has 0 bridgehead atoms. The molecule has 1 atom stereocenters. The molecule has 1 aromatic carbocycles. The van der Waals surface area contributed by atoms with E-state index in [2.05, 4.69) is 13.8 Å². The summed E-state index contributed by atoms with van der Waals surface area (Å²) in [5.74, 6) is 0.175. The molecule has 0 aliphatic rings. The SMILES string of the molecule is CCC(C)N(CC)C(=O)C(C)(C)c1ccc(N)cc1. The standard InChI is InChI=1S/C16H26N2O/c1-6-12(3)18(7-2)15(19)16(4,5)13-8-10-14(17)11-9-13/h8-12H,6-7,17H2,1-5H3. The van der Waals surface area contributed by atoms with E-state index in [1.807, 2.05) is 49.9 Å². The van der Waals surface area contributed by atoms with Gasteiger partial charge in [-0.1, -0.05) is 19.1 Å². The number of hydrogen-bond acceptors (Lipinski definition) is 2. The van der Waals surface area contributed by atoms with Crippen LogP contribution in [0.25, 0.3) is 0 Å². The lowest BCUT2D eigenvalue weighted by Gasteiger charge is -2.35. The van der Waals surface area contributed by atoms with Crippen molar-refractivity contribution in [2.24, 2.45) is 0 Å². The van der Waals surface area contributed by atoms with Crippen molar-refractivity contribution in [1.82, 2.24) is 4.90 Å². The normalized spacial score (nSPS) is 13.1. The predicted octanol–water partition coefficient (Wildman–Crippen LogP) is 3.19. The number of nitrogens with zero attached hydrogens (tertiary/aromatic N) is 1. The van der Waals surface area contributed by atoms with Crippen molar-refractivity contribution in [3.63, 3.8) is 0 Å². The third-order valence-corrected chi connectivity index (χ3v) is 3.89. The minimum Gasteiger partial charge on any atom is -0.399 e. The van der Waals surface area contributed by atoms with Crippen LogP contribution in [0, 0.1) is 0 Å². The number of anilines is 1. The van der Waals surface area contributed by atoms with Crippen molar-refractivity contribution in [1.29, 1.82) is 0 Å². The largest absolute Gasteiger partial charge is 0.399 e. The van der Waals surface area contributed by atoms with Crippen molar-refractivity contribution in [3.8, 4) is 0 Å². The van der Waals surface area contributed by atoms with Crippen LogP contribution in [0.5, 0.6) is 0 Å². The Morgan fingerprint density at radius 1 is 1.26 bits per heavy atom. The van der Waals surface area contributed by atoms with Gasteiger partial charge >= 0.3 is 0 Å². The summed E-state index contributed by atoms with van der Waals surface area (Å²) < 4.78 is 0. The molecule has 1 unspecified atom stereocenters. The van der Waals surface area contributed by atoms with E-state index in [0.717, 1.165) is 24.2 Å². The van der Waals surface area contributed by atoms with Crippen molar-refractivity contribution < 1.29 is 4.79 Å². The van der Waals surface area contributed by atoms with Crippen LogP contribution in [0.15, 0.2) is 24.3 Å². The van der Waals surface area contributed by atoms with Gasteiger partial charge < -0.3 is 10.6 Å². The molecule has 0 aliphatic heterocycles. The van der Waals surface area contributed by atoms with Crippen molar-refractivity contribution >= 4 is 11.6 Å². The maximum Gasteiger partial charge on any atom is 0.232 e. The number of nitrogen functional groups attached to an aromatic ring is 1. The molecule has 0 heterocycles. The van der Waals surface area contributed by atoms with E-state index in [0.29, 0.717) is 0 Å². The van der Waals surface area contributed by atoms with Crippen molar-refractivity contribution in [3.05, 3.63) is 29.8 Å². The van der Waals surface area contributed by atoms with Crippen LogP contribution in [0.3, 0.4) is 0 Å². The Morgan fingerprint density at radius 3 is 2.21 bits per heavy atom. The summed E-state index contributed by atoms with van der Waals surface area (Å²) >= 11 is 0. The average Bonchev–Trinajstić information content (AvgIpc) is 2.39. The number of likely N-dealkylation sites (N-methyl/N-ethyl adjacent to an activating group) is 1. The maximum absolute atomic E-state index is 12.8. The molecule has 0 saturated heterocycles. The van der Waals surface area contributed by atoms with Gasteiger partial charge in [-0.25, -0.2) is 0 Å². The number of carbonyl (C=O) groups is 1. The molecule has 19 heavy (non-hydrogen) atoms. The molecule has 0 spiro atoms. The molecule has 0 radical (unpaired) electrons. The van der Waals surface area contributed by atoms with Gasteiger partial charge in [0.05, 0.1) is 5.41 Å². The highest BCUT2D eigenvalue weighted by molar-refractivity contribution is 5.87. The maximum atomic E-state index is 12.8. The highest BCUT2D eigenvalue weighted by Crippen LogP contribution is 2.27. The van der Waals surface area contributed by atoms with E-state index in [-0.39, 0.29) is 11.9 Å². The Balaban J connectivity index is 3.04. The van der Waals surface area contributed by atoms with E-state index in [9.17, 15) is 4.79 Å². The van der Waals surface area contributed by atoms with E-state index >= 15 is 0 Å². The number of amides is 1. The second kappa shape index (κ2) is 6.09. The molecule has 0 saturated carbocycles. The van der Waals surface area contributed by atoms with Crippen molar-refractivity contribution in [2.45, 2.75) is 52.5 Å². The van der Waals surface area contributed by atoms with Gasteiger partial charge in [0.2, 0.25) is 5.91 Å². The van der Waals surface area contributed by atoms with Crippen LogP contribution in [0.1, 0.15) is 46.6 Å². The first kappa shape index (κ1) is 15.5. The Kier molecular flexibility index (Phi) is 4.98. The van der Waals surface area contributed by atoms with Gasteiger partial charge in [0.25, 0.3) is 0 Å². The minimum absolute atomic E-state index is 0.175. The summed E-state index contributed by atoms with van der Waals surface area (Å²) in [6.07, 6.45) is 0.970. The summed E-state index contributed by atoms with van der Waals surface area (Å²) in [5.41, 5.74) is 6.92. The molecule has 2 N–H and O–H groups in total. The lowest BCUT2D eigenvalue weighted by atomic mass is 9.82. The van der Waals surface area contributed by atoms with Gasteiger partial charge in [-0.3, -0.25) is 4.79 Å². The fourth-order valence-electron chi connectivity index (χ4n) is 2.26. The van der Waals surface area contributed by atoms with E-state index < -0.39 is 5.41 Å². The topological polar surface area (TPSA) is 46.3 Å². The van der Waals surface area contributed by atoms with E-state index in [4.69, 9.17) is 5.73 Å². The van der Waals surface area contributed by atoms with Crippen LogP contribution in [0.4, 0.5) is 5.69 Å². The minimum atomic E-state index is -0.521. The van der Waals surface area contributed by atoms with Crippen LogP contribution < -0.4 is 5.73 Å². The Hall–Kier alpha value is -1.51. The molecular formula is C16H26N2O. The molecule has 1 rings (SSSR count). The van der Waals surface area contributed by atoms with Crippen molar-refractivity contribution in [2.75, 3.05) is 12.3 Å². The molecule has 0 aliphatic carbocycles. The smallest absolute Gasteiger partial charge is 0.232 e. The molecule has 1 aromatic rings. The first-order valence-electron chi connectivity index (χ1n) is 7.01. The summed E-state index contributed by atoms with van der Waals surface area (Å²) in [7, 11) is 0. The van der Waals surface area contributed by atoms with Crippen LogP contribution in [0.2, 0.25) is 0 Å². The highest BCUT2D eigenvalue weighted by atomic mass is 16.2. The highest BCUT2D eigenvalue weighted by Gasteiger charge is 2.34. The van der Waals surface area contributed by atoms with Gasteiger partial charge in [0, 0.05) is 18.3 Å². The second-order valence-corrected chi connectivity index (χ2v) is 5.60. The third kappa shape index (κ3) is 3.28. The van der Waals surface area contributed by atoms with Gasteiger partial charge in [-0.05, 0) is 51.8 Å². The number of hydrogen-bond donors (Lipinski definition) is 1. The summed E-state index contributed by atoms with van der Waals surface area (Å²) in [6, 6.07) is 7.86. The Labute approximate surface area is 116 Å². The summed E-state index contributed by atoms with van der Waals surface area (Å²) in [6.45, 7) is 10.9. The van der Waals surface area contributed by atoms with E-state index in [1.54, 1.807) is 0 Å². The molecule has 0 aromatic heterocycles. The Bertz CT molecular complexity index is 423. The lowest BCUT2D eigenvalue weighted by Crippen LogP contribution is -2.47. The zero-order valence-corrected chi connectivity index (χ0v) is 12.7. The third-order valence-electron chi connectivity index (χ3n) is 3.89. The first-order chi connectivity index (χ1) is 8.84. The van der Waals surface area contributed by atoms with Gasteiger partial charge in [0.15, 0.2) is 0 Å². The monoisotopic (exact) mass is 262 g/mol. The second-order valence-electron chi connectivity index (χ2n) is 5.60. The van der Waals surface area contributed by atoms with Gasteiger partial charge in [-0.15, -0.1) is 0 Å². The van der Waals surface area contributed by atoms with Gasteiger partial charge in [0.1, 0.15) is 0 Å². The van der Waals surface area contributed by atoms with Crippen LogP contribution in [-0.2, 0) is 10.2 Å². The first-order valence-corrected chi connectivity index (χ1v) is 7.01. The quantitative estimate of drug-likeness (QED) is 0.828. The predicted molar refractivity (Wildman–Crippen MR) is 81.0 cm³/mol. The van der Waals surface area contributed by atoms with Crippen LogP contribution >= 0.6 is 0 Å². The number of benzene rings is 1. The number of nitrogens with two attached hydrogens (primary N) is 1.